The molecule has 0 saturated carbocycles. The van der Waals surface area contributed by atoms with Gasteiger partial charge in [0.2, 0.25) is 0 Å². The SMILES string of the molecule is CO[Si](CCC[N+](C)(C)C=O)(OC)OC. The minimum absolute atomic E-state index is 0.349. The van der Waals surface area contributed by atoms with Gasteiger partial charge in [0.1, 0.15) is 0 Å². The molecule has 90 valence electrons. The Morgan fingerprint density at radius 3 is 1.93 bits per heavy atom. The second kappa shape index (κ2) is 6.34. The minimum Gasteiger partial charge on any atom is -0.377 e. The molecule has 0 fully saturated rings. The van der Waals surface area contributed by atoms with E-state index in [-0.39, 0.29) is 0 Å². The summed E-state index contributed by atoms with van der Waals surface area (Å²) in [5, 5.41) is 0. The van der Waals surface area contributed by atoms with Crippen LogP contribution in [0.1, 0.15) is 6.42 Å². The summed E-state index contributed by atoms with van der Waals surface area (Å²) in [6.45, 7) is 0.758. The normalized spacial score (nSPS) is 12.9. The van der Waals surface area contributed by atoms with Crippen molar-refractivity contribution in [2.75, 3.05) is 42.0 Å². The molecule has 0 saturated heterocycles. The zero-order valence-corrected chi connectivity index (χ0v) is 11.3. The van der Waals surface area contributed by atoms with Gasteiger partial charge in [-0.05, 0) is 0 Å². The molecule has 0 aromatic rings. The third kappa shape index (κ3) is 4.85. The quantitative estimate of drug-likeness (QED) is 0.349. The Kier molecular flexibility index (Phi) is 6.22. The number of carbonyl (C=O) groups excluding carboxylic acids is 1. The second-order valence-electron chi connectivity index (χ2n) is 4.01. The molecule has 0 atom stereocenters. The number of rotatable bonds is 8. The van der Waals surface area contributed by atoms with E-state index in [4.69, 9.17) is 13.3 Å². The fourth-order valence-corrected chi connectivity index (χ4v) is 3.02. The lowest BCUT2D eigenvalue weighted by Crippen LogP contribution is -2.45. The molecule has 0 aromatic carbocycles. The van der Waals surface area contributed by atoms with Crippen molar-refractivity contribution >= 4 is 15.2 Å². The Morgan fingerprint density at radius 2 is 1.60 bits per heavy atom. The van der Waals surface area contributed by atoms with Gasteiger partial charge in [-0.1, -0.05) is 0 Å². The third-order valence-corrected chi connectivity index (χ3v) is 5.27. The van der Waals surface area contributed by atoms with E-state index in [1.54, 1.807) is 21.3 Å². The molecule has 15 heavy (non-hydrogen) atoms. The van der Waals surface area contributed by atoms with Gasteiger partial charge < -0.3 is 13.3 Å². The molecular formula is C9H22NO4Si+. The molecule has 0 spiro atoms. The van der Waals surface area contributed by atoms with Crippen molar-refractivity contribution in [2.24, 2.45) is 0 Å². The van der Waals surface area contributed by atoms with Crippen LogP contribution in [0, 0.1) is 0 Å². The number of quaternary nitrogens is 1. The number of carbonyl (C=O) groups is 1. The van der Waals surface area contributed by atoms with Gasteiger partial charge in [0, 0.05) is 33.8 Å². The molecule has 0 aliphatic carbocycles. The lowest BCUT2D eigenvalue weighted by atomic mass is 10.4. The van der Waals surface area contributed by atoms with E-state index >= 15 is 0 Å². The maximum absolute atomic E-state index is 10.7. The summed E-state index contributed by atoms with van der Waals surface area (Å²) in [6, 6.07) is 0.728. The van der Waals surface area contributed by atoms with E-state index < -0.39 is 8.80 Å². The van der Waals surface area contributed by atoms with Crippen LogP contribution in [0.3, 0.4) is 0 Å². The average molecular weight is 236 g/mol. The van der Waals surface area contributed by atoms with Crippen molar-refractivity contribution in [1.82, 2.24) is 0 Å². The lowest BCUT2D eigenvalue weighted by Gasteiger charge is -2.26. The molecular weight excluding hydrogens is 214 g/mol. The van der Waals surface area contributed by atoms with Crippen LogP contribution in [-0.4, -0.2) is 61.7 Å². The van der Waals surface area contributed by atoms with Gasteiger partial charge in [0.25, 0.3) is 0 Å². The Morgan fingerprint density at radius 1 is 1.13 bits per heavy atom. The van der Waals surface area contributed by atoms with Crippen molar-refractivity contribution in [3.63, 3.8) is 0 Å². The Bertz CT molecular complexity index is 186. The number of hydrogen-bond donors (Lipinski definition) is 0. The van der Waals surface area contributed by atoms with Crippen LogP contribution < -0.4 is 0 Å². The molecule has 0 radical (unpaired) electrons. The first-order chi connectivity index (χ1) is 6.95. The zero-order valence-electron chi connectivity index (χ0n) is 10.3. The van der Waals surface area contributed by atoms with Crippen LogP contribution in [0.25, 0.3) is 0 Å². The summed E-state index contributed by atoms with van der Waals surface area (Å²) in [5.74, 6) is 0. The monoisotopic (exact) mass is 236 g/mol. The molecule has 5 nitrogen and oxygen atoms in total. The van der Waals surface area contributed by atoms with Gasteiger partial charge in [-0.25, -0.2) is 4.79 Å². The predicted octanol–water partition coefficient (Wildman–Crippen LogP) is 0.487. The summed E-state index contributed by atoms with van der Waals surface area (Å²) in [7, 11) is 6.06. The molecule has 0 heterocycles. The van der Waals surface area contributed by atoms with E-state index in [1.165, 1.54) is 0 Å². The maximum atomic E-state index is 10.7. The molecule has 0 aliphatic rings. The molecule has 0 bridgehead atoms. The summed E-state index contributed by atoms with van der Waals surface area (Å²) in [5.41, 5.74) is 0. The van der Waals surface area contributed by atoms with Crippen LogP contribution in [0.15, 0.2) is 0 Å². The highest BCUT2D eigenvalue weighted by atomic mass is 28.4. The molecule has 0 N–H and O–H groups in total. The average Bonchev–Trinajstić information content (AvgIpc) is 2.25. The Labute approximate surface area is 92.9 Å². The van der Waals surface area contributed by atoms with Crippen LogP contribution >= 0.6 is 0 Å². The first-order valence-electron chi connectivity index (χ1n) is 4.90. The second-order valence-corrected chi connectivity index (χ2v) is 7.10. The summed E-state index contributed by atoms with van der Waals surface area (Å²) in [6.07, 6.45) is 1.77. The van der Waals surface area contributed by atoms with Gasteiger partial charge in [0.15, 0.2) is 0 Å². The van der Waals surface area contributed by atoms with Crippen molar-refractivity contribution in [1.29, 1.82) is 0 Å². The lowest BCUT2D eigenvalue weighted by molar-refractivity contribution is -0.804. The number of amides is 1. The van der Waals surface area contributed by atoms with Crippen molar-refractivity contribution in [3.05, 3.63) is 0 Å². The summed E-state index contributed by atoms with van der Waals surface area (Å²) in [4.78, 5) is 10.7. The summed E-state index contributed by atoms with van der Waals surface area (Å²) >= 11 is 0. The first kappa shape index (κ1) is 14.7. The summed E-state index contributed by atoms with van der Waals surface area (Å²) < 4.78 is 16.2. The van der Waals surface area contributed by atoms with Crippen LogP contribution in [0.4, 0.5) is 0 Å². The van der Waals surface area contributed by atoms with Crippen molar-refractivity contribution < 1.29 is 22.6 Å². The number of hydrogen-bond acceptors (Lipinski definition) is 4. The van der Waals surface area contributed by atoms with Gasteiger partial charge in [-0.3, -0.25) is 4.48 Å². The van der Waals surface area contributed by atoms with Crippen molar-refractivity contribution in [2.45, 2.75) is 12.5 Å². The van der Waals surface area contributed by atoms with Crippen molar-refractivity contribution in [3.8, 4) is 0 Å². The van der Waals surface area contributed by atoms with E-state index in [0.717, 1.165) is 25.4 Å². The van der Waals surface area contributed by atoms with Gasteiger partial charge in [-0.15, -0.1) is 0 Å². The maximum Gasteiger partial charge on any atom is 0.500 e. The zero-order chi connectivity index (χ0) is 11.9. The molecule has 0 unspecified atom stereocenters. The smallest absolute Gasteiger partial charge is 0.377 e. The Hall–Kier alpha value is -0.273. The minimum atomic E-state index is -2.46. The van der Waals surface area contributed by atoms with Crippen LogP contribution in [0.2, 0.25) is 6.04 Å². The molecule has 0 aromatic heterocycles. The molecule has 6 heteroatoms. The highest BCUT2D eigenvalue weighted by molar-refractivity contribution is 6.60. The molecule has 0 rings (SSSR count). The predicted molar refractivity (Wildman–Crippen MR) is 59.2 cm³/mol. The third-order valence-electron chi connectivity index (χ3n) is 2.44. The standard InChI is InChI=1S/C9H22NO4Si/c1-10(2,9-11)7-6-8-15(12-3,13-4)14-5/h9H,6-8H2,1-5H3/q+1. The fraction of sp³-hybridized carbons (Fsp3) is 0.889. The number of nitrogens with zero attached hydrogens (tertiary/aromatic N) is 1. The van der Waals surface area contributed by atoms with E-state index in [1.807, 2.05) is 14.1 Å². The van der Waals surface area contributed by atoms with Gasteiger partial charge in [0.05, 0.1) is 20.6 Å². The van der Waals surface area contributed by atoms with E-state index in [2.05, 4.69) is 0 Å². The van der Waals surface area contributed by atoms with Gasteiger partial charge >= 0.3 is 15.2 Å². The highest BCUT2D eigenvalue weighted by Crippen LogP contribution is 2.15. The highest BCUT2D eigenvalue weighted by Gasteiger charge is 2.37. The van der Waals surface area contributed by atoms with Gasteiger partial charge in [-0.2, -0.15) is 0 Å². The first-order valence-corrected chi connectivity index (χ1v) is 6.83. The van der Waals surface area contributed by atoms with Crippen LogP contribution in [0.5, 0.6) is 0 Å². The van der Waals surface area contributed by atoms with E-state index in [9.17, 15) is 4.79 Å². The topological polar surface area (TPSA) is 44.8 Å². The largest absolute Gasteiger partial charge is 0.500 e. The van der Waals surface area contributed by atoms with E-state index in [0.29, 0.717) is 4.48 Å². The molecule has 1 amide bonds. The molecule has 0 aliphatic heterocycles. The van der Waals surface area contributed by atoms with Crippen LogP contribution in [-0.2, 0) is 18.1 Å². The Balaban J connectivity index is 4.07. The fourth-order valence-electron chi connectivity index (χ4n) is 1.31.